The number of fused-ring (bicyclic) bond motifs is 1. The number of thioether (sulfide) groups is 1. The molecule has 0 N–H and O–H groups in total. The molecular formula is C21H19N3O7S. The first kappa shape index (κ1) is 21.7. The Morgan fingerprint density at radius 1 is 1.22 bits per heavy atom. The predicted octanol–water partition coefficient (Wildman–Crippen LogP) is 3.58. The average Bonchev–Trinajstić information content (AvgIpc) is 3.36. The first-order valence-corrected chi connectivity index (χ1v) is 10.3. The molecule has 0 aliphatic carbocycles. The Kier molecular flexibility index (Phi) is 6.28. The highest BCUT2D eigenvalue weighted by Gasteiger charge is 2.34. The lowest BCUT2D eigenvalue weighted by Gasteiger charge is -2.14. The quantitative estimate of drug-likeness (QED) is 0.352. The van der Waals surface area contributed by atoms with Gasteiger partial charge in [0.25, 0.3) is 11.6 Å². The molecule has 0 aromatic heterocycles. The molecule has 2 aromatic carbocycles. The molecule has 0 unspecified atom stereocenters. The van der Waals surface area contributed by atoms with E-state index < -0.39 is 4.92 Å². The molecule has 2 aliphatic heterocycles. The molecule has 1 fully saturated rings. The summed E-state index contributed by atoms with van der Waals surface area (Å²) in [4.78, 5) is 30.5. The van der Waals surface area contributed by atoms with Crippen molar-refractivity contribution in [2.45, 2.75) is 0 Å². The van der Waals surface area contributed by atoms with Crippen molar-refractivity contribution in [3.8, 4) is 17.2 Å². The third kappa shape index (κ3) is 4.39. The number of hydrogen-bond donors (Lipinski definition) is 0. The minimum atomic E-state index is -0.520. The third-order valence-corrected chi connectivity index (χ3v) is 5.72. The van der Waals surface area contributed by atoms with Crippen molar-refractivity contribution in [3.05, 3.63) is 57.0 Å². The molecule has 10 nitrogen and oxygen atoms in total. The molecular weight excluding hydrogens is 438 g/mol. The summed E-state index contributed by atoms with van der Waals surface area (Å²) in [6.45, 7) is 0.590. The van der Waals surface area contributed by atoms with E-state index in [2.05, 4.69) is 4.99 Å². The number of hydrogen-bond acceptors (Lipinski definition) is 9. The Bertz CT molecular complexity index is 1120. The highest BCUT2D eigenvalue weighted by molar-refractivity contribution is 8.18. The van der Waals surface area contributed by atoms with Crippen LogP contribution in [-0.2, 0) is 9.53 Å². The molecule has 0 atom stereocenters. The van der Waals surface area contributed by atoms with E-state index in [0.29, 0.717) is 39.6 Å². The van der Waals surface area contributed by atoms with Gasteiger partial charge in [0.15, 0.2) is 16.7 Å². The number of nitro benzene ring substituents is 1. The van der Waals surface area contributed by atoms with Gasteiger partial charge in [-0.3, -0.25) is 19.8 Å². The highest BCUT2D eigenvalue weighted by atomic mass is 32.2. The van der Waals surface area contributed by atoms with Crippen molar-refractivity contribution < 1.29 is 28.7 Å². The number of amides is 1. The van der Waals surface area contributed by atoms with Crippen LogP contribution in [-0.4, -0.2) is 55.1 Å². The lowest BCUT2D eigenvalue weighted by molar-refractivity contribution is -0.385. The molecule has 1 amide bonds. The summed E-state index contributed by atoms with van der Waals surface area (Å²) in [5.74, 6) is 1.07. The number of methoxy groups -OCH3 is 2. The molecule has 11 heteroatoms. The van der Waals surface area contributed by atoms with Gasteiger partial charge in [-0.15, -0.1) is 0 Å². The Morgan fingerprint density at radius 2 is 1.94 bits per heavy atom. The third-order valence-electron chi connectivity index (χ3n) is 4.71. The van der Waals surface area contributed by atoms with Crippen LogP contribution in [0.1, 0.15) is 5.56 Å². The fourth-order valence-electron chi connectivity index (χ4n) is 3.10. The molecule has 0 bridgehead atoms. The second-order valence-electron chi connectivity index (χ2n) is 6.67. The maximum atomic E-state index is 13.1. The van der Waals surface area contributed by atoms with Crippen molar-refractivity contribution in [2.75, 3.05) is 34.2 Å². The van der Waals surface area contributed by atoms with Crippen LogP contribution in [0.15, 0.2) is 46.3 Å². The van der Waals surface area contributed by atoms with E-state index in [4.69, 9.17) is 18.9 Å². The summed E-state index contributed by atoms with van der Waals surface area (Å²) in [7, 11) is 3.12. The molecule has 2 aromatic rings. The molecule has 166 valence electrons. The van der Waals surface area contributed by atoms with E-state index >= 15 is 0 Å². The van der Waals surface area contributed by atoms with Gasteiger partial charge in [0.2, 0.25) is 6.79 Å². The summed E-state index contributed by atoms with van der Waals surface area (Å²) in [6.07, 6.45) is 1.48. The van der Waals surface area contributed by atoms with Crippen LogP contribution in [0.3, 0.4) is 0 Å². The maximum Gasteiger partial charge on any atom is 0.280 e. The summed E-state index contributed by atoms with van der Waals surface area (Å²) in [5.41, 5.74) is 0.699. The average molecular weight is 457 g/mol. The number of benzene rings is 2. The van der Waals surface area contributed by atoms with E-state index in [9.17, 15) is 14.9 Å². The van der Waals surface area contributed by atoms with Gasteiger partial charge in [-0.2, -0.15) is 0 Å². The fraction of sp³-hybridized carbons (Fsp3) is 0.238. The number of ether oxygens (including phenoxy) is 4. The van der Waals surface area contributed by atoms with Gasteiger partial charge >= 0.3 is 0 Å². The minimum Gasteiger partial charge on any atom is -0.497 e. The lowest BCUT2D eigenvalue weighted by Crippen LogP contribution is -2.32. The van der Waals surface area contributed by atoms with Gasteiger partial charge < -0.3 is 18.9 Å². The predicted molar refractivity (Wildman–Crippen MR) is 118 cm³/mol. The van der Waals surface area contributed by atoms with Crippen LogP contribution in [0.25, 0.3) is 6.08 Å². The van der Waals surface area contributed by atoms with Gasteiger partial charge in [-0.1, -0.05) is 0 Å². The molecule has 2 heterocycles. The largest absolute Gasteiger partial charge is 0.497 e. The van der Waals surface area contributed by atoms with Crippen molar-refractivity contribution in [1.82, 2.24) is 4.90 Å². The van der Waals surface area contributed by atoms with E-state index in [1.165, 1.54) is 23.1 Å². The Balaban J connectivity index is 1.70. The second kappa shape index (κ2) is 9.28. The monoisotopic (exact) mass is 457 g/mol. The zero-order chi connectivity index (χ0) is 22.7. The molecule has 2 aliphatic rings. The van der Waals surface area contributed by atoms with Gasteiger partial charge in [-0.05, 0) is 48.2 Å². The van der Waals surface area contributed by atoms with Crippen molar-refractivity contribution in [3.63, 3.8) is 0 Å². The lowest BCUT2D eigenvalue weighted by atomic mass is 10.1. The number of nitrogens with zero attached hydrogens (tertiary/aromatic N) is 3. The van der Waals surface area contributed by atoms with Crippen molar-refractivity contribution in [1.29, 1.82) is 0 Å². The Morgan fingerprint density at radius 3 is 2.59 bits per heavy atom. The van der Waals surface area contributed by atoms with Crippen molar-refractivity contribution in [2.24, 2.45) is 4.99 Å². The molecule has 4 rings (SSSR count). The van der Waals surface area contributed by atoms with Crippen LogP contribution in [0.2, 0.25) is 0 Å². The van der Waals surface area contributed by atoms with Crippen LogP contribution in [0.4, 0.5) is 11.4 Å². The summed E-state index contributed by atoms with van der Waals surface area (Å²) in [5, 5.41) is 12.0. The van der Waals surface area contributed by atoms with E-state index in [1.807, 2.05) is 0 Å². The topological polar surface area (TPSA) is 113 Å². The zero-order valence-electron chi connectivity index (χ0n) is 17.3. The molecule has 32 heavy (non-hydrogen) atoms. The zero-order valence-corrected chi connectivity index (χ0v) is 18.1. The number of nitro groups is 1. The van der Waals surface area contributed by atoms with E-state index in [-0.39, 0.29) is 30.5 Å². The van der Waals surface area contributed by atoms with Crippen molar-refractivity contribution >= 4 is 40.3 Å². The molecule has 1 saturated heterocycles. The Labute approximate surface area is 187 Å². The van der Waals surface area contributed by atoms with Gasteiger partial charge in [0.05, 0.1) is 47.4 Å². The summed E-state index contributed by atoms with van der Waals surface area (Å²) in [6, 6.07) is 9.89. The van der Waals surface area contributed by atoms with Crippen LogP contribution in [0.5, 0.6) is 17.2 Å². The van der Waals surface area contributed by atoms with E-state index in [1.54, 1.807) is 38.5 Å². The number of amidine groups is 1. The van der Waals surface area contributed by atoms with Gasteiger partial charge in [-0.25, -0.2) is 4.99 Å². The normalized spacial score (nSPS) is 17.4. The first-order valence-electron chi connectivity index (χ1n) is 9.51. The summed E-state index contributed by atoms with van der Waals surface area (Å²) >= 11 is 1.14. The minimum absolute atomic E-state index is 0.0103. The number of aliphatic imine (C=N–C) groups is 1. The standard InChI is InChI=1S/C21H19N3O7S/c1-28-8-7-23-20(25)19(32-21(23)22-14-3-5-15(29-2)6-4-14)10-13-9-17-18(31-12-30-17)11-16(13)24(26)27/h3-6,9-11H,7-8,12H2,1-2H3/b19-10+,22-21?. The smallest absolute Gasteiger partial charge is 0.280 e. The van der Waals surface area contributed by atoms with E-state index in [0.717, 1.165) is 11.8 Å². The van der Waals surface area contributed by atoms with Gasteiger partial charge in [0.1, 0.15) is 5.75 Å². The first-order chi connectivity index (χ1) is 15.5. The Hall–Kier alpha value is -3.57. The van der Waals surface area contributed by atoms with Crippen LogP contribution in [0, 0.1) is 10.1 Å². The molecule has 0 saturated carbocycles. The number of rotatable bonds is 7. The SMILES string of the molecule is COCCN1C(=O)/C(=C\c2cc3c(cc2[N+](=O)[O-])OCO3)SC1=Nc1ccc(OC)cc1. The summed E-state index contributed by atoms with van der Waals surface area (Å²) < 4.78 is 20.8. The van der Waals surface area contributed by atoms with Gasteiger partial charge in [0, 0.05) is 7.11 Å². The maximum absolute atomic E-state index is 13.1. The number of carbonyl (C=O) groups excluding carboxylic acids is 1. The second-order valence-corrected chi connectivity index (χ2v) is 7.68. The van der Waals surface area contributed by atoms with Crippen LogP contribution >= 0.6 is 11.8 Å². The highest BCUT2D eigenvalue weighted by Crippen LogP contribution is 2.41. The molecule has 0 spiro atoms. The fourth-order valence-corrected chi connectivity index (χ4v) is 4.12. The number of carbonyl (C=O) groups is 1. The van der Waals surface area contributed by atoms with Crippen LogP contribution < -0.4 is 14.2 Å². The molecule has 0 radical (unpaired) electrons.